The fourth-order valence-electron chi connectivity index (χ4n) is 2.00. The summed E-state index contributed by atoms with van der Waals surface area (Å²) in [5.74, 6) is 0. The quantitative estimate of drug-likeness (QED) is 0.624. The fraction of sp³-hybridized carbons (Fsp3) is 1.00. The van der Waals surface area contributed by atoms with Crippen molar-refractivity contribution in [3.63, 3.8) is 0 Å². The zero-order chi connectivity index (χ0) is 9.57. The Morgan fingerprint density at radius 3 is 2.23 bits per heavy atom. The summed E-state index contributed by atoms with van der Waals surface area (Å²) in [7, 11) is 0. The molecule has 0 radical (unpaired) electrons. The number of ether oxygens (including phenoxy) is 1. The van der Waals surface area contributed by atoms with Crippen molar-refractivity contribution in [3.8, 4) is 0 Å². The van der Waals surface area contributed by atoms with Crippen molar-refractivity contribution in [1.29, 1.82) is 0 Å². The Balaban J connectivity index is 0.000000251. The van der Waals surface area contributed by atoms with Gasteiger partial charge in [0.2, 0.25) is 0 Å². The molecule has 0 bridgehead atoms. The lowest BCUT2D eigenvalue weighted by atomic mass is 9.79. The highest BCUT2D eigenvalue weighted by molar-refractivity contribution is 4.87. The van der Waals surface area contributed by atoms with E-state index >= 15 is 0 Å². The topological polar surface area (TPSA) is 21.3 Å². The third kappa shape index (κ3) is 3.28. The van der Waals surface area contributed by atoms with Gasteiger partial charge in [-0.1, -0.05) is 20.3 Å². The predicted molar refractivity (Wildman–Crippen MR) is 55.9 cm³/mol. The molecule has 0 saturated carbocycles. The average molecular weight is 185 g/mol. The Hall–Kier alpha value is -0.0800. The Morgan fingerprint density at radius 2 is 1.77 bits per heavy atom. The summed E-state index contributed by atoms with van der Waals surface area (Å²) in [5, 5.41) is 3.38. The molecule has 0 unspecified atom stereocenters. The molecule has 0 aromatic rings. The van der Waals surface area contributed by atoms with Crippen LogP contribution in [0.25, 0.3) is 0 Å². The van der Waals surface area contributed by atoms with Gasteiger partial charge >= 0.3 is 0 Å². The molecular weight excluding hydrogens is 162 g/mol. The maximum atomic E-state index is 5.41. The minimum atomic E-state index is 0.589. The van der Waals surface area contributed by atoms with Gasteiger partial charge in [-0.05, 0) is 37.8 Å². The molecule has 2 heteroatoms. The predicted octanol–water partition coefficient (Wildman–Crippen LogP) is 2.19. The molecule has 2 nitrogen and oxygen atoms in total. The summed E-state index contributed by atoms with van der Waals surface area (Å²) >= 11 is 0. The van der Waals surface area contributed by atoms with Crippen molar-refractivity contribution >= 4 is 0 Å². The molecule has 0 amide bonds. The van der Waals surface area contributed by atoms with Crippen molar-refractivity contribution in [1.82, 2.24) is 5.32 Å². The zero-order valence-electron chi connectivity index (χ0n) is 9.07. The van der Waals surface area contributed by atoms with Crippen LogP contribution in [-0.2, 0) is 4.74 Å². The SMILES string of the molecule is C1CC2(CCN1)CCOC2.CCC. The Labute approximate surface area is 82.0 Å². The van der Waals surface area contributed by atoms with E-state index in [2.05, 4.69) is 19.2 Å². The van der Waals surface area contributed by atoms with Gasteiger partial charge in [0.05, 0.1) is 6.61 Å². The second-order valence-corrected chi connectivity index (χ2v) is 4.26. The van der Waals surface area contributed by atoms with Gasteiger partial charge in [0.1, 0.15) is 0 Å². The standard InChI is InChI=1S/C8H15NO.C3H8/c1-4-9-5-2-8(1)3-6-10-7-8;1-3-2/h9H,1-7H2;3H2,1-2H3. The van der Waals surface area contributed by atoms with E-state index in [1.165, 1.54) is 38.8 Å². The highest BCUT2D eigenvalue weighted by Gasteiger charge is 2.35. The molecule has 2 saturated heterocycles. The monoisotopic (exact) mass is 185 g/mol. The molecule has 0 aromatic carbocycles. The molecular formula is C11H23NO. The van der Waals surface area contributed by atoms with Gasteiger partial charge in [-0.3, -0.25) is 0 Å². The number of nitrogens with one attached hydrogen (secondary N) is 1. The van der Waals surface area contributed by atoms with Crippen LogP contribution < -0.4 is 5.32 Å². The van der Waals surface area contributed by atoms with Crippen LogP contribution >= 0.6 is 0 Å². The molecule has 1 N–H and O–H groups in total. The van der Waals surface area contributed by atoms with Gasteiger partial charge in [0.25, 0.3) is 0 Å². The third-order valence-electron chi connectivity index (χ3n) is 2.85. The van der Waals surface area contributed by atoms with Gasteiger partial charge in [0, 0.05) is 6.61 Å². The van der Waals surface area contributed by atoms with Crippen molar-refractivity contribution in [2.75, 3.05) is 26.3 Å². The lowest BCUT2D eigenvalue weighted by Crippen LogP contribution is -2.36. The van der Waals surface area contributed by atoms with E-state index in [0.717, 1.165) is 13.2 Å². The highest BCUT2D eigenvalue weighted by Crippen LogP contribution is 2.36. The summed E-state index contributed by atoms with van der Waals surface area (Å²) in [6.07, 6.45) is 5.20. The summed E-state index contributed by atoms with van der Waals surface area (Å²) in [6.45, 7) is 8.67. The minimum Gasteiger partial charge on any atom is -0.381 e. The molecule has 1 spiro atoms. The largest absolute Gasteiger partial charge is 0.381 e. The van der Waals surface area contributed by atoms with Crippen LogP contribution in [0.1, 0.15) is 39.5 Å². The molecule has 0 aromatic heterocycles. The number of rotatable bonds is 0. The molecule has 0 aliphatic carbocycles. The van der Waals surface area contributed by atoms with Crippen LogP contribution in [0.5, 0.6) is 0 Å². The minimum absolute atomic E-state index is 0.589. The maximum absolute atomic E-state index is 5.41. The first-order valence-electron chi connectivity index (χ1n) is 5.61. The van der Waals surface area contributed by atoms with Crippen molar-refractivity contribution in [2.45, 2.75) is 39.5 Å². The smallest absolute Gasteiger partial charge is 0.0524 e. The lowest BCUT2D eigenvalue weighted by molar-refractivity contribution is 0.128. The van der Waals surface area contributed by atoms with E-state index in [1.54, 1.807) is 0 Å². The molecule has 13 heavy (non-hydrogen) atoms. The molecule has 78 valence electrons. The fourth-order valence-corrected chi connectivity index (χ4v) is 2.00. The van der Waals surface area contributed by atoms with Crippen LogP contribution in [0, 0.1) is 5.41 Å². The second kappa shape index (κ2) is 5.61. The first-order valence-corrected chi connectivity index (χ1v) is 5.61. The summed E-state index contributed by atoms with van der Waals surface area (Å²) < 4.78 is 5.41. The second-order valence-electron chi connectivity index (χ2n) is 4.26. The van der Waals surface area contributed by atoms with Gasteiger partial charge in [-0.25, -0.2) is 0 Å². The molecule has 2 rings (SSSR count). The van der Waals surface area contributed by atoms with Crippen LogP contribution in [-0.4, -0.2) is 26.3 Å². The van der Waals surface area contributed by atoms with Gasteiger partial charge < -0.3 is 10.1 Å². The van der Waals surface area contributed by atoms with E-state index in [4.69, 9.17) is 4.74 Å². The van der Waals surface area contributed by atoms with E-state index in [0.29, 0.717) is 5.41 Å². The maximum Gasteiger partial charge on any atom is 0.0524 e. The number of hydrogen-bond acceptors (Lipinski definition) is 2. The Morgan fingerprint density at radius 1 is 1.15 bits per heavy atom. The Kier molecular flexibility index (Phi) is 4.74. The van der Waals surface area contributed by atoms with Gasteiger partial charge in [0.15, 0.2) is 0 Å². The van der Waals surface area contributed by atoms with Crippen molar-refractivity contribution in [3.05, 3.63) is 0 Å². The van der Waals surface area contributed by atoms with Crippen molar-refractivity contribution in [2.24, 2.45) is 5.41 Å². The highest BCUT2D eigenvalue weighted by atomic mass is 16.5. The van der Waals surface area contributed by atoms with Crippen LogP contribution in [0.4, 0.5) is 0 Å². The lowest BCUT2D eigenvalue weighted by Gasteiger charge is -2.31. The molecule has 2 heterocycles. The van der Waals surface area contributed by atoms with Crippen molar-refractivity contribution < 1.29 is 4.74 Å². The number of piperidine rings is 1. The van der Waals surface area contributed by atoms with Crippen LogP contribution in [0.15, 0.2) is 0 Å². The van der Waals surface area contributed by atoms with E-state index in [9.17, 15) is 0 Å². The molecule has 2 aliphatic heterocycles. The summed E-state index contributed by atoms with van der Waals surface area (Å²) in [6, 6.07) is 0. The number of hydrogen-bond donors (Lipinski definition) is 1. The third-order valence-corrected chi connectivity index (χ3v) is 2.85. The first kappa shape index (κ1) is 11.0. The normalized spacial score (nSPS) is 25.4. The Bertz CT molecular complexity index is 122. The summed E-state index contributed by atoms with van der Waals surface area (Å²) in [5.41, 5.74) is 0.589. The van der Waals surface area contributed by atoms with Gasteiger partial charge in [-0.2, -0.15) is 0 Å². The van der Waals surface area contributed by atoms with Gasteiger partial charge in [-0.15, -0.1) is 0 Å². The molecule has 2 fully saturated rings. The molecule has 0 atom stereocenters. The summed E-state index contributed by atoms with van der Waals surface area (Å²) in [4.78, 5) is 0. The van der Waals surface area contributed by atoms with E-state index in [-0.39, 0.29) is 0 Å². The average Bonchev–Trinajstić information content (AvgIpc) is 2.56. The van der Waals surface area contributed by atoms with Crippen LogP contribution in [0.2, 0.25) is 0 Å². The van der Waals surface area contributed by atoms with Crippen LogP contribution in [0.3, 0.4) is 0 Å². The van der Waals surface area contributed by atoms with E-state index < -0.39 is 0 Å². The zero-order valence-corrected chi connectivity index (χ0v) is 9.07. The first-order chi connectivity index (χ1) is 6.33. The molecule has 2 aliphatic rings. The van der Waals surface area contributed by atoms with E-state index in [1.807, 2.05) is 0 Å².